The number of nitrogens with one attached hydrogen (secondary N) is 2. The molecule has 0 bridgehead atoms. The van der Waals surface area contributed by atoms with Gasteiger partial charge in [-0.25, -0.2) is 4.79 Å². The molecule has 26 heavy (non-hydrogen) atoms. The summed E-state index contributed by atoms with van der Waals surface area (Å²) in [6, 6.07) is -3.37. The number of carboxylic acids is 1. The van der Waals surface area contributed by atoms with E-state index in [0.717, 1.165) is 0 Å². The maximum Gasteiger partial charge on any atom is 0.326 e. The molecule has 1 rings (SSSR count). The standard InChI is InChI=1S/C14H23N5O6S/c15-5-11(21)17-7(4-10(16)20)12(22)18-8(6-26)13(23)19-3-1-2-9(19)14(24)25/h7-9,26H,1-6,15H2,(H2,16,20)(H,17,21)(H,18,22)(H,24,25). The lowest BCUT2D eigenvalue weighted by atomic mass is 10.1. The quantitative estimate of drug-likeness (QED) is 0.224. The zero-order valence-corrected chi connectivity index (χ0v) is 14.9. The summed E-state index contributed by atoms with van der Waals surface area (Å²) in [5.41, 5.74) is 10.2. The minimum atomic E-state index is -1.30. The molecular formula is C14H23N5O6S. The van der Waals surface area contributed by atoms with Crippen molar-refractivity contribution < 1.29 is 29.1 Å². The van der Waals surface area contributed by atoms with Gasteiger partial charge in [0.15, 0.2) is 0 Å². The van der Waals surface area contributed by atoms with Gasteiger partial charge in [0, 0.05) is 12.3 Å². The molecule has 1 heterocycles. The van der Waals surface area contributed by atoms with Gasteiger partial charge >= 0.3 is 5.97 Å². The number of aliphatic carboxylic acids is 1. The predicted octanol–water partition coefficient (Wildman–Crippen LogP) is -3.20. The molecule has 12 heteroatoms. The molecule has 0 saturated carbocycles. The first kappa shape index (κ1) is 21.7. The Kier molecular flexibility index (Phi) is 8.32. The summed E-state index contributed by atoms with van der Waals surface area (Å²) in [4.78, 5) is 59.8. The average molecular weight is 389 g/mol. The number of thiol groups is 1. The van der Waals surface area contributed by atoms with Crippen molar-refractivity contribution in [3.63, 3.8) is 0 Å². The zero-order chi connectivity index (χ0) is 19.9. The Balaban J connectivity index is 2.83. The summed E-state index contributed by atoms with van der Waals surface area (Å²) in [7, 11) is 0. The molecular weight excluding hydrogens is 366 g/mol. The summed E-state index contributed by atoms with van der Waals surface area (Å²) in [5, 5.41) is 13.8. The molecule has 3 atom stereocenters. The van der Waals surface area contributed by atoms with Gasteiger partial charge < -0.3 is 32.1 Å². The van der Waals surface area contributed by atoms with Crippen LogP contribution in [0.4, 0.5) is 0 Å². The van der Waals surface area contributed by atoms with Crippen molar-refractivity contribution in [1.82, 2.24) is 15.5 Å². The number of primary amides is 1. The van der Waals surface area contributed by atoms with Crippen molar-refractivity contribution in [2.75, 3.05) is 18.8 Å². The number of carbonyl (C=O) groups excluding carboxylic acids is 4. The van der Waals surface area contributed by atoms with Gasteiger partial charge in [0.05, 0.1) is 13.0 Å². The van der Waals surface area contributed by atoms with Crippen LogP contribution in [0, 0.1) is 0 Å². The van der Waals surface area contributed by atoms with Crippen molar-refractivity contribution in [2.24, 2.45) is 11.5 Å². The Hall–Kier alpha value is -2.34. The molecule has 0 aromatic rings. The topological polar surface area (TPSA) is 185 Å². The van der Waals surface area contributed by atoms with Gasteiger partial charge in [0.1, 0.15) is 18.1 Å². The summed E-state index contributed by atoms with van der Waals surface area (Å²) in [6.07, 6.45) is 0.379. The number of nitrogens with zero attached hydrogens (tertiary/aromatic N) is 1. The fraction of sp³-hybridized carbons (Fsp3) is 0.643. The van der Waals surface area contributed by atoms with Gasteiger partial charge in [0.25, 0.3) is 0 Å². The molecule has 0 aromatic heterocycles. The number of amides is 4. The minimum Gasteiger partial charge on any atom is -0.480 e. The van der Waals surface area contributed by atoms with Gasteiger partial charge in [-0.15, -0.1) is 0 Å². The Labute approximate surface area is 155 Å². The fourth-order valence-corrected chi connectivity index (χ4v) is 2.86. The first-order valence-corrected chi connectivity index (χ1v) is 8.56. The molecule has 1 fully saturated rings. The number of nitrogens with two attached hydrogens (primary N) is 2. The smallest absolute Gasteiger partial charge is 0.326 e. The Morgan fingerprint density at radius 1 is 1.19 bits per heavy atom. The van der Waals surface area contributed by atoms with E-state index in [4.69, 9.17) is 11.5 Å². The molecule has 146 valence electrons. The van der Waals surface area contributed by atoms with Crippen LogP contribution >= 0.6 is 12.6 Å². The minimum absolute atomic E-state index is 0.0957. The van der Waals surface area contributed by atoms with Crippen LogP contribution in [0.5, 0.6) is 0 Å². The maximum absolute atomic E-state index is 12.6. The second kappa shape index (κ2) is 9.97. The predicted molar refractivity (Wildman–Crippen MR) is 93.0 cm³/mol. The van der Waals surface area contributed by atoms with Crippen LogP contribution in [0.1, 0.15) is 19.3 Å². The monoisotopic (exact) mass is 389 g/mol. The largest absolute Gasteiger partial charge is 0.480 e. The second-order valence-corrected chi connectivity index (χ2v) is 6.13. The number of carbonyl (C=O) groups is 5. The third kappa shape index (κ3) is 5.88. The first-order valence-electron chi connectivity index (χ1n) is 7.93. The molecule has 11 nitrogen and oxygen atoms in total. The van der Waals surface area contributed by atoms with E-state index in [2.05, 4.69) is 23.3 Å². The lowest BCUT2D eigenvalue weighted by Crippen LogP contribution is -2.57. The van der Waals surface area contributed by atoms with E-state index in [-0.39, 0.29) is 12.3 Å². The third-order valence-corrected chi connectivity index (χ3v) is 4.23. The molecule has 1 saturated heterocycles. The highest BCUT2D eigenvalue weighted by molar-refractivity contribution is 7.80. The number of hydrogen-bond acceptors (Lipinski definition) is 7. The molecule has 1 aliphatic rings. The zero-order valence-electron chi connectivity index (χ0n) is 14.0. The molecule has 0 radical (unpaired) electrons. The summed E-state index contributed by atoms with van der Waals surface area (Å²) < 4.78 is 0. The van der Waals surface area contributed by atoms with Crippen LogP contribution in [-0.4, -0.2) is 76.6 Å². The molecule has 0 aromatic carbocycles. The summed E-state index contributed by atoms with van der Waals surface area (Å²) >= 11 is 4.02. The second-order valence-electron chi connectivity index (χ2n) is 5.77. The van der Waals surface area contributed by atoms with E-state index in [1.165, 1.54) is 4.90 Å². The lowest BCUT2D eigenvalue weighted by Gasteiger charge is -2.27. The fourth-order valence-electron chi connectivity index (χ4n) is 2.61. The van der Waals surface area contributed by atoms with E-state index in [0.29, 0.717) is 12.8 Å². The summed E-state index contributed by atoms with van der Waals surface area (Å²) in [5.74, 6) is -4.14. The molecule has 4 amide bonds. The SMILES string of the molecule is NCC(=O)NC(CC(N)=O)C(=O)NC(CS)C(=O)N1CCCC1C(=O)O. The molecule has 0 spiro atoms. The molecule has 7 N–H and O–H groups in total. The van der Waals surface area contributed by atoms with Gasteiger partial charge in [-0.1, -0.05) is 0 Å². The number of likely N-dealkylation sites (tertiary alicyclic amines) is 1. The van der Waals surface area contributed by atoms with Crippen LogP contribution < -0.4 is 22.1 Å². The van der Waals surface area contributed by atoms with Crippen molar-refractivity contribution in [2.45, 2.75) is 37.4 Å². The lowest BCUT2D eigenvalue weighted by molar-refractivity contribution is -0.149. The Morgan fingerprint density at radius 2 is 1.85 bits per heavy atom. The average Bonchev–Trinajstić information content (AvgIpc) is 3.07. The van der Waals surface area contributed by atoms with Crippen LogP contribution in [0.15, 0.2) is 0 Å². The van der Waals surface area contributed by atoms with E-state index >= 15 is 0 Å². The van der Waals surface area contributed by atoms with Crippen LogP contribution in [0.2, 0.25) is 0 Å². The van der Waals surface area contributed by atoms with Crippen molar-refractivity contribution in [1.29, 1.82) is 0 Å². The van der Waals surface area contributed by atoms with Gasteiger partial charge in [0.2, 0.25) is 23.6 Å². The van der Waals surface area contributed by atoms with Gasteiger partial charge in [-0.05, 0) is 12.8 Å². The highest BCUT2D eigenvalue weighted by Gasteiger charge is 2.38. The van der Waals surface area contributed by atoms with Crippen molar-refractivity contribution in [3.8, 4) is 0 Å². The van der Waals surface area contributed by atoms with Crippen molar-refractivity contribution >= 4 is 42.2 Å². The Bertz CT molecular complexity index is 586. The highest BCUT2D eigenvalue weighted by atomic mass is 32.1. The molecule has 1 aliphatic heterocycles. The van der Waals surface area contributed by atoms with E-state index < -0.39 is 60.7 Å². The third-order valence-electron chi connectivity index (χ3n) is 3.86. The van der Waals surface area contributed by atoms with Crippen LogP contribution in [0.3, 0.4) is 0 Å². The Morgan fingerprint density at radius 3 is 2.35 bits per heavy atom. The van der Waals surface area contributed by atoms with Crippen LogP contribution in [-0.2, 0) is 24.0 Å². The number of hydrogen-bond donors (Lipinski definition) is 6. The maximum atomic E-state index is 12.6. The molecule has 0 aliphatic carbocycles. The summed E-state index contributed by atoms with van der Waals surface area (Å²) in [6.45, 7) is -0.143. The van der Waals surface area contributed by atoms with Crippen molar-refractivity contribution in [3.05, 3.63) is 0 Å². The number of carboxylic acid groups (broad SMARTS) is 1. The molecule has 3 unspecified atom stereocenters. The number of rotatable bonds is 9. The van der Waals surface area contributed by atoms with E-state index in [1.807, 2.05) is 0 Å². The highest BCUT2D eigenvalue weighted by Crippen LogP contribution is 2.18. The normalized spacial score (nSPS) is 18.7. The van der Waals surface area contributed by atoms with Crippen LogP contribution in [0.25, 0.3) is 0 Å². The van der Waals surface area contributed by atoms with Gasteiger partial charge in [-0.2, -0.15) is 12.6 Å². The van der Waals surface area contributed by atoms with Gasteiger partial charge in [-0.3, -0.25) is 19.2 Å². The first-order chi connectivity index (χ1) is 12.2. The van der Waals surface area contributed by atoms with E-state index in [1.54, 1.807) is 0 Å². The van der Waals surface area contributed by atoms with E-state index in [9.17, 15) is 29.1 Å².